The van der Waals surface area contributed by atoms with Gasteiger partial charge in [-0.2, -0.15) is 5.10 Å². The Kier molecular flexibility index (Phi) is 8.10. The molecule has 0 aliphatic heterocycles. The fourth-order valence-corrected chi connectivity index (χ4v) is 2.22. The van der Waals surface area contributed by atoms with Gasteiger partial charge in [-0.3, -0.25) is 9.48 Å². The molecule has 24 heavy (non-hydrogen) atoms. The number of halogens is 1. The molecule has 8 heteroatoms. The summed E-state index contributed by atoms with van der Waals surface area (Å²) < 4.78 is 14.9. The first kappa shape index (κ1) is 20.3. The molecule has 0 saturated heterocycles. The van der Waals surface area contributed by atoms with E-state index in [0.717, 1.165) is 5.56 Å². The zero-order valence-electron chi connectivity index (χ0n) is 13.7. The molecule has 122 valence electrons. The Morgan fingerprint density at radius 1 is 1.33 bits per heavy atom. The summed E-state index contributed by atoms with van der Waals surface area (Å²) in [6.45, 7) is 0.240. The Morgan fingerprint density at radius 3 is 2.75 bits per heavy atom. The van der Waals surface area contributed by atoms with Crippen LogP contribution in [0.5, 0.6) is 0 Å². The number of aryl methyl sites for hydroxylation is 1. The number of nitrogens with one attached hydrogen (secondary N) is 1. The molecule has 0 aliphatic rings. The second-order valence-corrected chi connectivity index (χ2v) is 5.19. The van der Waals surface area contributed by atoms with Gasteiger partial charge in [0.05, 0.1) is 5.69 Å². The summed E-state index contributed by atoms with van der Waals surface area (Å²) in [5.74, 6) is -1.77. The third-order valence-corrected chi connectivity index (χ3v) is 3.26. The molecular weight excluding hydrogens is 324 g/mol. The Bertz CT molecular complexity index is 718. The van der Waals surface area contributed by atoms with Crippen molar-refractivity contribution >= 4 is 11.9 Å². The minimum absolute atomic E-state index is 0. The first-order valence-electron chi connectivity index (χ1n) is 7.20. The average Bonchev–Trinajstić information content (AvgIpc) is 2.86. The monoisotopic (exact) mass is 341 g/mol. The Morgan fingerprint density at radius 2 is 2.08 bits per heavy atom. The number of hydrogen-bond donors (Lipinski definition) is 1. The van der Waals surface area contributed by atoms with Gasteiger partial charge in [0.15, 0.2) is 0 Å². The van der Waals surface area contributed by atoms with E-state index in [-0.39, 0.29) is 67.1 Å². The Hall–Kier alpha value is -1.70. The van der Waals surface area contributed by atoms with E-state index in [1.807, 2.05) is 0 Å². The van der Waals surface area contributed by atoms with Gasteiger partial charge >= 0.3 is 29.6 Å². The molecule has 6 nitrogen and oxygen atoms in total. The van der Waals surface area contributed by atoms with E-state index in [4.69, 9.17) is 0 Å². The fraction of sp³-hybridized carbons (Fsp3) is 0.312. The third kappa shape index (κ3) is 6.07. The first-order chi connectivity index (χ1) is 11.0. The molecule has 1 amide bonds. The number of carbonyl (C=O) groups excluding carboxylic acids is 2. The molecule has 0 bridgehead atoms. The van der Waals surface area contributed by atoms with Crippen molar-refractivity contribution in [3.05, 3.63) is 41.8 Å². The van der Waals surface area contributed by atoms with Gasteiger partial charge in [-0.05, 0) is 25.0 Å². The van der Waals surface area contributed by atoms with E-state index in [1.165, 1.54) is 12.1 Å². The smallest absolute Gasteiger partial charge is 0.550 e. The van der Waals surface area contributed by atoms with Crippen LogP contribution in [0.2, 0.25) is 0 Å². The molecule has 0 aliphatic carbocycles. The summed E-state index contributed by atoms with van der Waals surface area (Å²) in [5.41, 5.74) is 1.99. The van der Waals surface area contributed by atoms with E-state index in [2.05, 4.69) is 10.4 Å². The predicted molar refractivity (Wildman–Crippen MR) is 79.3 cm³/mol. The molecule has 1 aromatic carbocycles. The largest absolute Gasteiger partial charge is 1.00 e. The van der Waals surface area contributed by atoms with Crippen molar-refractivity contribution in [2.24, 2.45) is 7.05 Å². The molecule has 1 aromatic heterocycles. The maximum Gasteiger partial charge on any atom is 1.00 e. The van der Waals surface area contributed by atoms with Gasteiger partial charge in [0.2, 0.25) is 5.91 Å². The van der Waals surface area contributed by atoms with E-state index < -0.39 is 5.97 Å². The summed E-state index contributed by atoms with van der Waals surface area (Å²) in [5, 5.41) is 17.3. The second kappa shape index (κ2) is 9.56. The van der Waals surface area contributed by atoms with Crippen LogP contribution >= 0.6 is 0 Å². The van der Waals surface area contributed by atoms with Crippen molar-refractivity contribution in [1.82, 2.24) is 15.1 Å². The Balaban J connectivity index is 0.00000288. The normalized spacial score (nSPS) is 10.1. The van der Waals surface area contributed by atoms with Crippen LogP contribution in [-0.4, -0.2) is 21.7 Å². The topological polar surface area (TPSA) is 87.0 Å². The van der Waals surface area contributed by atoms with Gasteiger partial charge in [-0.1, -0.05) is 12.1 Å². The predicted octanol–water partition coefficient (Wildman–Crippen LogP) is -2.23. The minimum Gasteiger partial charge on any atom is -0.550 e. The van der Waals surface area contributed by atoms with Crippen LogP contribution in [0.15, 0.2) is 30.5 Å². The van der Waals surface area contributed by atoms with Crippen LogP contribution in [0.25, 0.3) is 11.3 Å². The molecule has 2 rings (SSSR count). The van der Waals surface area contributed by atoms with E-state index in [9.17, 15) is 19.1 Å². The van der Waals surface area contributed by atoms with Crippen LogP contribution in [0.1, 0.15) is 24.8 Å². The number of carbonyl (C=O) groups is 2. The van der Waals surface area contributed by atoms with Crippen LogP contribution in [-0.2, 0) is 23.2 Å². The van der Waals surface area contributed by atoms with Crippen LogP contribution < -0.4 is 40.0 Å². The average molecular weight is 341 g/mol. The number of amides is 1. The van der Waals surface area contributed by atoms with E-state index in [1.54, 1.807) is 30.1 Å². The summed E-state index contributed by atoms with van der Waals surface area (Å²) in [7, 11) is 1.74. The third-order valence-electron chi connectivity index (χ3n) is 3.26. The number of aromatic nitrogens is 2. The van der Waals surface area contributed by atoms with E-state index >= 15 is 0 Å². The van der Waals surface area contributed by atoms with Crippen molar-refractivity contribution in [3.63, 3.8) is 0 Å². The summed E-state index contributed by atoms with van der Waals surface area (Å²) >= 11 is 0. The molecule has 0 unspecified atom stereocenters. The van der Waals surface area contributed by atoms with Crippen molar-refractivity contribution in [2.75, 3.05) is 0 Å². The molecule has 1 N–H and O–H groups in total. The van der Waals surface area contributed by atoms with Gasteiger partial charge in [0, 0.05) is 43.3 Å². The van der Waals surface area contributed by atoms with Gasteiger partial charge in [-0.15, -0.1) is 0 Å². The molecule has 2 aromatic rings. The quantitative estimate of drug-likeness (QED) is 0.578. The molecular formula is C16H17FN3NaO3. The SMILES string of the molecule is Cn1cc(CNC(=O)CCCC(=O)[O-])c(-c2cccc(F)c2)n1.[Na+]. The molecule has 0 atom stereocenters. The molecule has 0 spiro atoms. The van der Waals surface area contributed by atoms with Gasteiger partial charge in [0.25, 0.3) is 0 Å². The second-order valence-electron chi connectivity index (χ2n) is 5.19. The maximum absolute atomic E-state index is 13.4. The van der Waals surface area contributed by atoms with Gasteiger partial charge in [0.1, 0.15) is 5.82 Å². The maximum atomic E-state index is 13.4. The summed E-state index contributed by atoms with van der Waals surface area (Å²) in [6, 6.07) is 6.08. The molecule has 0 radical (unpaired) electrons. The van der Waals surface area contributed by atoms with Gasteiger partial charge < -0.3 is 15.2 Å². The number of carboxylic acids is 1. The van der Waals surface area contributed by atoms with Gasteiger partial charge in [-0.25, -0.2) is 4.39 Å². The number of benzene rings is 1. The van der Waals surface area contributed by atoms with Crippen LogP contribution in [0, 0.1) is 5.82 Å². The zero-order valence-corrected chi connectivity index (χ0v) is 15.7. The van der Waals surface area contributed by atoms with E-state index in [0.29, 0.717) is 11.3 Å². The molecule has 0 fully saturated rings. The zero-order chi connectivity index (χ0) is 16.8. The summed E-state index contributed by atoms with van der Waals surface area (Å²) in [6.07, 6.45) is 1.96. The minimum atomic E-state index is -1.17. The fourth-order valence-electron chi connectivity index (χ4n) is 2.22. The number of aliphatic carboxylic acids is 1. The number of nitrogens with zero attached hydrogens (tertiary/aromatic N) is 2. The van der Waals surface area contributed by atoms with Crippen LogP contribution in [0.3, 0.4) is 0 Å². The number of hydrogen-bond acceptors (Lipinski definition) is 4. The van der Waals surface area contributed by atoms with Crippen molar-refractivity contribution < 1.29 is 48.6 Å². The standard InChI is InChI=1S/C16H18FN3O3.Na/c1-20-10-12(9-18-14(21)6-3-7-15(22)23)16(19-20)11-4-2-5-13(17)8-11;/h2,4-5,8,10H,3,6-7,9H2,1H3,(H,18,21)(H,22,23);/q;+1/p-1. The number of carboxylic acid groups (broad SMARTS) is 1. The Labute approximate surface area is 161 Å². The van der Waals surface area contributed by atoms with Crippen molar-refractivity contribution in [3.8, 4) is 11.3 Å². The number of rotatable bonds is 7. The molecule has 1 heterocycles. The van der Waals surface area contributed by atoms with Crippen molar-refractivity contribution in [1.29, 1.82) is 0 Å². The summed E-state index contributed by atoms with van der Waals surface area (Å²) in [4.78, 5) is 22.0. The first-order valence-corrected chi connectivity index (χ1v) is 7.20. The van der Waals surface area contributed by atoms with Crippen LogP contribution in [0.4, 0.5) is 4.39 Å². The van der Waals surface area contributed by atoms with Crippen molar-refractivity contribution in [2.45, 2.75) is 25.8 Å². The molecule has 0 saturated carbocycles.